The molecular weight excluding hydrogens is 435 g/mol. The number of carbonyl (C=O) groups is 1. The Labute approximate surface area is 180 Å². The van der Waals surface area contributed by atoms with Crippen molar-refractivity contribution in [2.45, 2.75) is 30.4 Å². The molecule has 0 aliphatic carbocycles. The van der Waals surface area contributed by atoms with Crippen LogP contribution in [-0.2, 0) is 14.8 Å². The Morgan fingerprint density at radius 1 is 1.17 bits per heavy atom. The first-order valence-corrected chi connectivity index (χ1v) is 11.7. The second-order valence-electron chi connectivity index (χ2n) is 7.23. The third-order valence-electron chi connectivity index (χ3n) is 3.77. The van der Waals surface area contributed by atoms with E-state index in [1.807, 2.05) is 0 Å². The largest absolute Gasteiger partial charge is 0.354 e. The number of rotatable bonds is 8. The highest BCUT2D eigenvalue weighted by molar-refractivity contribution is 8.00. The molecule has 0 aliphatic heterocycles. The fraction of sp³-hybridized carbons (Fsp3) is 0.350. The van der Waals surface area contributed by atoms with Crippen LogP contribution >= 0.6 is 23.4 Å². The van der Waals surface area contributed by atoms with Gasteiger partial charge in [0.25, 0.3) is 10.0 Å². The number of sulfonamides is 1. The predicted octanol–water partition coefficient (Wildman–Crippen LogP) is 4.32. The van der Waals surface area contributed by atoms with Gasteiger partial charge in [0.15, 0.2) is 0 Å². The van der Waals surface area contributed by atoms with E-state index in [-0.39, 0.29) is 20.4 Å². The lowest BCUT2D eigenvalue weighted by atomic mass is 10.3. The van der Waals surface area contributed by atoms with Crippen LogP contribution in [0.15, 0.2) is 53.4 Å². The zero-order chi connectivity index (χ0) is 21.7. The van der Waals surface area contributed by atoms with Crippen molar-refractivity contribution in [3.8, 4) is 0 Å². The van der Waals surface area contributed by atoms with Gasteiger partial charge in [-0.05, 0) is 30.3 Å². The number of nitrogens with zero attached hydrogens (tertiary/aromatic N) is 1. The molecule has 9 heteroatoms. The molecule has 0 aliphatic rings. The van der Waals surface area contributed by atoms with Gasteiger partial charge in [0.05, 0.1) is 15.6 Å². The molecule has 0 saturated heterocycles. The van der Waals surface area contributed by atoms with Gasteiger partial charge in [0.2, 0.25) is 5.91 Å². The minimum atomic E-state index is -4.05. The Balaban J connectivity index is 2.24. The molecule has 29 heavy (non-hydrogen) atoms. The monoisotopic (exact) mass is 458 g/mol. The van der Waals surface area contributed by atoms with Gasteiger partial charge in [-0.2, -0.15) is 11.8 Å². The van der Waals surface area contributed by atoms with Gasteiger partial charge in [-0.3, -0.25) is 9.10 Å². The van der Waals surface area contributed by atoms with Crippen molar-refractivity contribution in [2.24, 2.45) is 0 Å². The lowest BCUT2D eigenvalue weighted by Gasteiger charge is -2.24. The molecule has 0 radical (unpaired) electrons. The minimum absolute atomic E-state index is 0.0246. The summed E-state index contributed by atoms with van der Waals surface area (Å²) >= 11 is 7.53. The van der Waals surface area contributed by atoms with Crippen LogP contribution in [0, 0.1) is 5.82 Å². The number of nitrogens with one attached hydrogen (secondary N) is 1. The summed E-state index contributed by atoms with van der Waals surface area (Å²) in [6.07, 6.45) is 0. The van der Waals surface area contributed by atoms with Gasteiger partial charge < -0.3 is 5.32 Å². The number of benzene rings is 2. The fourth-order valence-electron chi connectivity index (χ4n) is 2.41. The van der Waals surface area contributed by atoms with E-state index in [1.54, 1.807) is 30.0 Å². The SMILES string of the molecule is CC(C)(C)SCCNC(=O)CN(c1ccc(F)c(Cl)c1)S(=O)(=O)c1ccccc1. The second-order valence-corrected chi connectivity index (χ2v) is 11.4. The highest BCUT2D eigenvalue weighted by Gasteiger charge is 2.27. The normalized spacial score (nSPS) is 11.9. The summed E-state index contributed by atoms with van der Waals surface area (Å²) in [5, 5.41) is 2.51. The Morgan fingerprint density at radius 2 is 1.83 bits per heavy atom. The molecule has 0 unspecified atom stereocenters. The molecule has 0 atom stereocenters. The van der Waals surface area contributed by atoms with E-state index < -0.39 is 28.3 Å². The molecule has 5 nitrogen and oxygen atoms in total. The Hall–Kier alpha value is -1.77. The van der Waals surface area contributed by atoms with Gasteiger partial charge in [0, 0.05) is 17.0 Å². The lowest BCUT2D eigenvalue weighted by Crippen LogP contribution is -2.41. The number of carbonyl (C=O) groups excluding carboxylic acids is 1. The Kier molecular flexibility index (Phi) is 7.96. The van der Waals surface area contributed by atoms with Crippen LogP contribution < -0.4 is 9.62 Å². The summed E-state index contributed by atoms with van der Waals surface area (Å²) in [7, 11) is -4.05. The molecule has 1 N–H and O–H groups in total. The molecule has 158 valence electrons. The highest BCUT2D eigenvalue weighted by Crippen LogP contribution is 2.27. The van der Waals surface area contributed by atoms with Crippen molar-refractivity contribution in [3.63, 3.8) is 0 Å². The summed E-state index contributed by atoms with van der Waals surface area (Å²) < 4.78 is 40.8. The van der Waals surface area contributed by atoms with Crippen LogP contribution in [0.5, 0.6) is 0 Å². The molecule has 2 rings (SSSR count). The molecular formula is C20H24ClFN2O3S2. The van der Waals surface area contributed by atoms with E-state index in [0.29, 0.717) is 12.3 Å². The summed E-state index contributed by atoms with van der Waals surface area (Å²) in [4.78, 5) is 12.5. The van der Waals surface area contributed by atoms with E-state index in [2.05, 4.69) is 26.1 Å². The maximum atomic E-state index is 13.6. The van der Waals surface area contributed by atoms with E-state index in [0.717, 1.165) is 10.4 Å². The summed E-state index contributed by atoms with van der Waals surface area (Å²) in [5.74, 6) is -0.432. The molecule has 2 aromatic carbocycles. The number of halogens is 2. The molecule has 0 aromatic heterocycles. The zero-order valence-electron chi connectivity index (χ0n) is 16.5. The van der Waals surface area contributed by atoms with E-state index in [9.17, 15) is 17.6 Å². The first-order valence-electron chi connectivity index (χ1n) is 8.94. The first-order chi connectivity index (χ1) is 13.5. The molecule has 0 bridgehead atoms. The Morgan fingerprint density at radius 3 is 2.41 bits per heavy atom. The van der Waals surface area contributed by atoms with Crippen molar-refractivity contribution in [1.29, 1.82) is 0 Å². The number of amides is 1. The van der Waals surface area contributed by atoms with Crippen molar-refractivity contribution in [2.75, 3.05) is 23.1 Å². The average Bonchev–Trinajstić information content (AvgIpc) is 2.65. The smallest absolute Gasteiger partial charge is 0.264 e. The molecule has 0 fully saturated rings. The van der Waals surface area contributed by atoms with Crippen LogP contribution in [0.2, 0.25) is 5.02 Å². The van der Waals surface area contributed by atoms with E-state index >= 15 is 0 Å². The van der Waals surface area contributed by atoms with Crippen molar-refractivity contribution < 1.29 is 17.6 Å². The predicted molar refractivity (Wildman–Crippen MR) is 118 cm³/mol. The van der Waals surface area contributed by atoms with Gasteiger partial charge in [-0.15, -0.1) is 0 Å². The molecule has 1 amide bonds. The van der Waals surface area contributed by atoms with E-state index in [1.165, 1.54) is 24.3 Å². The van der Waals surface area contributed by atoms with Gasteiger partial charge in [-0.1, -0.05) is 50.6 Å². The zero-order valence-corrected chi connectivity index (χ0v) is 18.9. The highest BCUT2D eigenvalue weighted by atomic mass is 35.5. The third kappa shape index (κ3) is 6.90. The number of hydrogen-bond acceptors (Lipinski definition) is 4. The topological polar surface area (TPSA) is 66.5 Å². The van der Waals surface area contributed by atoms with Crippen molar-refractivity contribution >= 4 is 45.0 Å². The third-order valence-corrected chi connectivity index (χ3v) is 7.12. The molecule has 0 spiro atoms. The number of hydrogen-bond donors (Lipinski definition) is 1. The van der Waals surface area contributed by atoms with Crippen LogP contribution in [0.4, 0.5) is 10.1 Å². The second kappa shape index (κ2) is 9.82. The van der Waals surface area contributed by atoms with Crippen molar-refractivity contribution in [3.05, 3.63) is 59.4 Å². The summed E-state index contributed by atoms with van der Waals surface area (Å²) in [6, 6.07) is 11.3. The van der Waals surface area contributed by atoms with Crippen LogP contribution in [0.25, 0.3) is 0 Å². The summed E-state index contributed by atoms with van der Waals surface area (Å²) in [5.41, 5.74) is 0.111. The van der Waals surface area contributed by atoms with Gasteiger partial charge >= 0.3 is 0 Å². The Bertz CT molecular complexity index is 948. The standard InChI is InChI=1S/C20H24ClFN2O3S2/c1-20(2,3)28-12-11-23-19(25)14-24(15-9-10-18(22)17(21)13-15)29(26,27)16-7-5-4-6-8-16/h4-10,13H,11-12,14H2,1-3H3,(H,23,25). The number of thioether (sulfide) groups is 1. The lowest BCUT2D eigenvalue weighted by molar-refractivity contribution is -0.119. The summed E-state index contributed by atoms with van der Waals surface area (Å²) in [6.45, 7) is 6.19. The molecule has 0 heterocycles. The molecule has 2 aromatic rings. The number of anilines is 1. The minimum Gasteiger partial charge on any atom is -0.354 e. The maximum absolute atomic E-state index is 13.6. The fourth-order valence-corrected chi connectivity index (χ4v) is 4.83. The van der Waals surface area contributed by atoms with Crippen LogP contribution in [-0.4, -0.2) is 37.9 Å². The van der Waals surface area contributed by atoms with Gasteiger partial charge in [-0.25, -0.2) is 12.8 Å². The molecule has 0 saturated carbocycles. The first kappa shape index (κ1) is 23.5. The quantitative estimate of drug-likeness (QED) is 0.598. The average molecular weight is 459 g/mol. The van der Waals surface area contributed by atoms with Crippen LogP contribution in [0.1, 0.15) is 20.8 Å². The van der Waals surface area contributed by atoms with Gasteiger partial charge in [0.1, 0.15) is 12.4 Å². The maximum Gasteiger partial charge on any atom is 0.264 e. The van der Waals surface area contributed by atoms with E-state index in [4.69, 9.17) is 11.6 Å². The van der Waals surface area contributed by atoms with Crippen LogP contribution in [0.3, 0.4) is 0 Å². The van der Waals surface area contributed by atoms with Crippen molar-refractivity contribution in [1.82, 2.24) is 5.32 Å².